The van der Waals surface area contributed by atoms with Crippen molar-refractivity contribution >= 4 is 11.9 Å². The molecule has 1 fully saturated rings. The Morgan fingerprint density at radius 3 is 2.88 bits per heavy atom. The van der Waals surface area contributed by atoms with Crippen molar-refractivity contribution in [3.63, 3.8) is 0 Å². The molecule has 3 amide bonds. The van der Waals surface area contributed by atoms with Gasteiger partial charge in [0.2, 0.25) is 11.8 Å². The van der Waals surface area contributed by atoms with E-state index >= 15 is 0 Å². The van der Waals surface area contributed by atoms with Crippen LogP contribution in [0.4, 0.5) is 4.79 Å². The average Bonchev–Trinajstić information content (AvgIpc) is 3.08. The zero-order valence-electron chi connectivity index (χ0n) is 13.9. The Balaban J connectivity index is 1.50. The van der Waals surface area contributed by atoms with Gasteiger partial charge in [0.05, 0.1) is 12.5 Å². The number of benzene rings is 1. The summed E-state index contributed by atoms with van der Waals surface area (Å²) in [7, 11) is 0. The van der Waals surface area contributed by atoms with Crippen molar-refractivity contribution < 1.29 is 14.1 Å². The molecule has 2 heterocycles. The van der Waals surface area contributed by atoms with E-state index < -0.39 is 0 Å². The first-order valence-electron chi connectivity index (χ1n) is 8.29. The van der Waals surface area contributed by atoms with Crippen LogP contribution in [-0.4, -0.2) is 40.1 Å². The number of hydrogen-bond donors (Lipinski definition) is 2. The topological polar surface area (TPSA) is 114 Å². The number of hydrogen-bond acceptors (Lipinski definition) is 5. The summed E-state index contributed by atoms with van der Waals surface area (Å²) in [6.07, 6.45) is 2.07. The Bertz CT molecular complexity index is 731. The van der Waals surface area contributed by atoms with Gasteiger partial charge in [-0.2, -0.15) is 4.98 Å². The number of nitrogens with zero attached hydrogens (tertiary/aromatic N) is 3. The van der Waals surface area contributed by atoms with E-state index in [0.717, 1.165) is 18.4 Å². The molecule has 0 unspecified atom stereocenters. The summed E-state index contributed by atoms with van der Waals surface area (Å²) in [6.45, 7) is 1.11. The number of amides is 3. The summed E-state index contributed by atoms with van der Waals surface area (Å²) in [5, 5.41) is 6.67. The van der Waals surface area contributed by atoms with Crippen molar-refractivity contribution in [2.45, 2.75) is 25.8 Å². The van der Waals surface area contributed by atoms with Gasteiger partial charge in [0.25, 0.3) is 0 Å². The first-order valence-corrected chi connectivity index (χ1v) is 8.29. The predicted molar refractivity (Wildman–Crippen MR) is 89.3 cm³/mol. The summed E-state index contributed by atoms with van der Waals surface area (Å²) >= 11 is 0. The summed E-state index contributed by atoms with van der Waals surface area (Å²) in [5.41, 5.74) is 6.42. The molecular formula is C17H21N5O3. The molecule has 0 bridgehead atoms. The van der Waals surface area contributed by atoms with E-state index in [1.54, 1.807) is 4.90 Å². The van der Waals surface area contributed by atoms with Gasteiger partial charge >= 0.3 is 6.03 Å². The highest BCUT2D eigenvalue weighted by molar-refractivity contribution is 5.79. The van der Waals surface area contributed by atoms with Crippen LogP contribution in [0.2, 0.25) is 0 Å². The lowest BCUT2D eigenvalue weighted by atomic mass is 9.98. The molecule has 1 aromatic carbocycles. The van der Waals surface area contributed by atoms with Crippen LogP contribution in [0.15, 0.2) is 34.9 Å². The van der Waals surface area contributed by atoms with E-state index in [1.165, 1.54) is 0 Å². The Morgan fingerprint density at radius 2 is 2.12 bits per heavy atom. The van der Waals surface area contributed by atoms with Crippen LogP contribution in [0.5, 0.6) is 0 Å². The molecule has 8 heteroatoms. The zero-order valence-corrected chi connectivity index (χ0v) is 13.9. The molecule has 8 nitrogen and oxygen atoms in total. The van der Waals surface area contributed by atoms with Crippen molar-refractivity contribution in [1.29, 1.82) is 0 Å². The van der Waals surface area contributed by atoms with Gasteiger partial charge in [-0.05, 0) is 18.4 Å². The smallest absolute Gasteiger partial charge is 0.317 e. The highest BCUT2D eigenvalue weighted by Gasteiger charge is 2.27. The fourth-order valence-corrected chi connectivity index (χ4v) is 2.87. The number of aromatic nitrogens is 2. The Hall–Kier alpha value is -2.90. The van der Waals surface area contributed by atoms with E-state index in [1.807, 2.05) is 30.3 Å². The second-order valence-electron chi connectivity index (χ2n) is 6.11. The molecule has 132 valence electrons. The van der Waals surface area contributed by atoms with Crippen molar-refractivity contribution in [2.75, 3.05) is 13.1 Å². The first kappa shape index (κ1) is 16.9. The number of nitrogens with one attached hydrogen (secondary N) is 1. The van der Waals surface area contributed by atoms with Crippen LogP contribution in [0.3, 0.4) is 0 Å². The molecule has 3 rings (SSSR count). The second-order valence-corrected chi connectivity index (χ2v) is 6.11. The number of carbonyl (C=O) groups is 2. The van der Waals surface area contributed by atoms with E-state index in [9.17, 15) is 9.59 Å². The normalized spacial score (nSPS) is 17.3. The minimum absolute atomic E-state index is 0.151. The van der Waals surface area contributed by atoms with Gasteiger partial charge in [0, 0.05) is 19.5 Å². The van der Waals surface area contributed by atoms with Gasteiger partial charge in [-0.3, -0.25) is 4.79 Å². The maximum atomic E-state index is 12.2. The zero-order chi connectivity index (χ0) is 17.6. The van der Waals surface area contributed by atoms with Crippen LogP contribution >= 0.6 is 0 Å². The van der Waals surface area contributed by atoms with Gasteiger partial charge in [0.15, 0.2) is 5.82 Å². The monoisotopic (exact) mass is 343 g/mol. The minimum atomic E-state index is -0.361. The minimum Gasteiger partial charge on any atom is -0.369 e. The van der Waals surface area contributed by atoms with Crippen molar-refractivity contribution in [3.8, 4) is 0 Å². The number of piperidine rings is 1. The molecule has 2 aromatic rings. The molecule has 0 spiro atoms. The second kappa shape index (κ2) is 7.78. The average molecular weight is 343 g/mol. The molecule has 0 aliphatic carbocycles. The highest BCUT2D eigenvalue weighted by atomic mass is 16.5. The predicted octanol–water partition coefficient (Wildman–Crippen LogP) is 1.07. The van der Waals surface area contributed by atoms with Crippen LogP contribution in [0.25, 0.3) is 0 Å². The third-order valence-electron chi connectivity index (χ3n) is 4.22. The summed E-state index contributed by atoms with van der Waals surface area (Å²) < 4.78 is 5.17. The van der Waals surface area contributed by atoms with E-state index in [4.69, 9.17) is 10.3 Å². The summed E-state index contributed by atoms with van der Waals surface area (Å²) in [6, 6.07) is 9.58. The van der Waals surface area contributed by atoms with Crippen LogP contribution < -0.4 is 11.1 Å². The molecule has 0 saturated carbocycles. The largest absolute Gasteiger partial charge is 0.369 e. The molecule has 1 atom stereocenters. The van der Waals surface area contributed by atoms with E-state index in [-0.39, 0.29) is 24.4 Å². The molecular weight excluding hydrogens is 322 g/mol. The fraction of sp³-hybridized carbons (Fsp3) is 0.412. The molecule has 25 heavy (non-hydrogen) atoms. The van der Waals surface area contributed by atoms with Crippen LogP contribution in [-0.2, 0) is 17.8 Å². The number of urea groups is 1. The maximum absolute atomic E-state index is 12.2. The van der Waals surface area contributed by atoms with E-state index in [2.05, 4.69) is 15.5 Å². The first-order chi connectivity index (χ1) is 12.1. The summed E-state index contributed by atoms with van der Waals surface area (Å²) in [5.74, 6) is 0.283. The van der Waals surface area contributed by atoms with Gasteiger partial charge in [-0.15, -0.1) is 0 Å². The molecule has 3 N–H and O–H groups in total. The fourth-order valence-electron chi connectivity index (χ4n) is 2.87. The lowest BCUT2D eigenvalue weighted by Crippen LogP contribution is -2.47. The van der Waals surface area contributed by atoms with Gasteiger partial charge in [-0.25, -0.2) is 4.79 Å². The Labute approximate surface area is 145 Å². The molecule has 1 aliphatic rings. The number of rotatable bonds is 5. The van der Waals surface area contributed by atoms with Gasteiger partial charge in [0.1, 0.15) is 0 Å². The van der Waals surface area contributed by atoms with Crippen molar-refractivity contribution in [2.24, 2.45) is 11.7 Å². The lowest BCUT2D eigenvalue weighted by molar-refractivity contribution is -0.123. The van der Waals surface area contributed by atoms with Gasteiger partial charge < -0.3 is 20.5 Å². The highest BCUT2D eigenvalue weighted by Crippen LogP contribution is 2.16. The standard InChI is InChI=1S/C17H21N5O3/c18-16(23)13-7-4-8-22(11-13)17(24)19-10-15-20-14(21-25-15)9-12-5-2-1-3-6-12/h1-3,5-6,13H,4,7-11H2,(H2,18,23)(H,19,24)/t13-/m1/s1. The summed E-state index contributed by atoms with van der Waals surface area (Å²) in [4.78, 5) is 29.4. The van der Waals surface area contributed by atoms with Crippen molar-refractivity contribution in [3.05, 3.63) is 47.6 Å². The maximum Gasteiger partial charge on any atom is 0.317 e. The quantitative estimate of drug-likeness (QED) is 0.843. The number of nitrogens with two attached hydrogens (primary N) is 1. The SMILES string of the molecule is NC(=O)[C@@H]1CCCN(C(=O)NCc2nc(Cc3ccccc3)no2)C1. The number of likely N-dealkylation sites (tertiary alicyclic amines) is 1. The van der Waals surface area contributed by atoms with Gasteiger partial charge in [-0.1, -0.05) is 35.5 Å². The molecule has 0 radical (unpaired) electrons. The van der Waals surface area contributed by atoms with Crippen molar-refractivity contribution in [1.82, 2.24) is 20.4 Å². The number of primary amides is 1. The molecule has 1 aromatic heterocycles. The third-order valence-corrected chi connectivity index (χ3v) is 4.22. The number of carbonyl (C=O) groups excluding carboxylic acids is 2. The Kier molecular flexibility index (Phi) is 5.27. The molecule has 1 saturated heterocycles. The third kappa shape index (κ3) is 4.56. The van der Waals surface area contributed by atoms with Crippen LogP contribution in [0.1, 0.15) is 30.1 Å². The molecule has 1 aliphatic heterocycles. The van der Waals surface area contributed by atoms with Crippen LogP contribution in [0, 0.1) is 5.92 Å². The Morgan fingerprint density at radius 1 is 1.32 bits per heavy atom. The van der Waals surface area contributed by atoms with E-state index in [0.29, 0.717) is 31.2 Å². The lowest BCUT2D eigenvalue weighted by Gasteiger charge is -2.31.